The fourth-order valence-electron chi connectivity index (χ4n) is 2.21. The molecular weight excluding hydrogens is 195 g/mol. The number of carboxylic acid groups (broad SMARTS) is 1. The van der Waals surface area contributed by atoms with Crippen LogP contribution in [0.25, 0.3) is 0 Å². The second-order valence-electron chi connectivity index (χ2n) is 4.36. The molecule has 1 aliphatic rings. The Bertz CT molecular complexity index is 394. The van der Waals surface area contributed by atoms with Gasteiger partial charge in [0.2, 0.25) is 0 Å². The van der Waals surface area contributed by atoms with Gasteiger partial charge in [-0.05, 0) is 36.5 Å². The van der Waals surface area contributed by atoms with E-state index in [9.17, 15) is 9.18 Å². The number of aromatic carboxylic acids is 1. The molecule has 1 aromatic rings. The van der Waals surface area contributed by atoms with Crippen molar-refractivity contribution >= 4 is 5.97 Å². The molecule has 80 valence electrons. The maximum absolute atomic E-state index is 14.1. The normalized spacial score (nSPS) is 29.6. The van der Waals surface area contributed by atoms with Crippen molar-refractivity contribution in [3.63, 3.8) is 0 Å². The van der Waals surface area contributed by atoms with E-state index in [-0.39, 0.29) is 5.56 Å². The van der Waals surface area contributed by atoms with Gasteiger partial charge in [0.15, 0.2) is 0 Å². The Hall–Kier alpha value is -1.38. The third kappa shape index (κ3) is 1.74. The van der Waals surface area contributed by atoms with Crippen LogP contribution in [0.2, 0.25) is 0 Å². The summed E-state index contributed by atoms with van der Waals surface area (Å²) in [5, 5.41) is 8.80. The van der Waals surface area contributed by atoms with Gasteiger partial charge in [-0.1, -0.05) is 19.1 Å². The zero-order valence-corrected chi connectivity index (χ0v) is 8.53. The maximum atomic E-state index is 14.1. The SMILES string of the molecule is CC1CC(F)(c2cccc(C(=O)O)c2)C1. The average Bonchev–Trinajstić information content (AvgIpc) is 2.16. The van der Waals surface area contributed by atoms with Crippen LogP contribution in [-0.2, 0) is 5.67 Å². The average molecular weight is 208 g/mol. The first-order chi connectivity index (χ1) is 7.01. The summed E-state index contributed by atoms with van der Waals surface area (Å²) in [7, 11) is 0. The van der Waals surface area contributed by atoms with E-state index in [1.807, 2.05) is 6.92 Å². The first kappa shape index (κ1) is 10.1. The predicted octanol–water partition coefficient (Wildman–Crippen LogP) is 2.98. The zero-order valence-electron chi connectivity index (χ0n) is 8.53. The second kappa shape index (κ2) is 3.33. The predicted molar refractivity (Wildman–Crippen MR) is 54.6 cm³/mol. The van der Waals surface area contributed by atoms with Gasteiger partial charge in [-0.15, -0.1) is 0 Å². The van der Waals surface area contributed by atoms with Crippen LogP contribution >= 0.6 is 0 Å². The van der Waals surface area contributed by atoms with Crippen LogP contribution in [0.5, 0.6) is 0 Å². The second-order valence-corrected chi connectivity index (χ2v) is 4.36. The number of hydrogen-bond donors (Lipinski definition) is 1. The summed E-state index contributed by atoms with van der Waals surface area (Å²) in [5.41, 5.74) is -0.644. The highest BCUT2D eigenvalue weighted by Crippen LogP contribution is 2.48. The van der Waals surface area contributed by atoms with Crippen molar-refractivity contribution in [3.8, 4) is 0 Å². The molecule has 0 aliphatic heterocycles. The number of hydrogen-bond acceptors (Lipinski definition) is 1. The highest BCUT2D eigenvalue weighted by Gasteiger charge is 2.43. The Balaban J connectivity index is 2.29. The van der Waals surface area contributed by atoms with Gasteiger partial charge in [0.25, 0.3) is 0 Å². The topological polar surface area (TPSA) is 37.3 Å². The van der Waals surface area contributed by atoms with E-state index in [4.69, 9.17) is 5.11 Å². The van der Waals surface area contributed by atoms with Gasteiger partial charge < -0.3 is 5.11 Å². The quantitative estimate of drug-likeness (QED) is 0.811. The lowest BCUT2D eigenvalue weighted by Gasteiger charge is -2.40. The lowest BCUT2D eigenvalue weighted by molar-refractivity contribution is 0.0113. The van der Waals surface area contributed by atoms with Gasteiger partial charge in [-0.3, -0.25) is 0 Å². The number of halogens is 1. The number of benzene rings is 1. The van der Waals surface area contributed by atoms with Crippen molar-refractivity contribution < 1.29 is 14.3 Å². The molecule has 3 heteroatoms. The van der Waals surface area contributed by atoms with Gasteiger partial charge in [0, 0.05) is 0 Å². The molecule has 0 amide bonds. The van der Waals surface area contributed by atoms with E-state index in [0.29, 0.717) is 24.3 Å². The molecule has 2 rings (SSSR count). The molecule has 0 atom stereocenters. The molecule has 0 radical (unpaired) electrons. The monoisotopic (exact) mass is 208 g/mol. The Morgan fingerprint density at radius 1 is 1.53 bits per heavy atom. The van der Waals surface area contributed by atoms with E-state index < -0.39 is 11.6 Å². The van der Waals surface area contributed by atoms with Crippen LogP contribution in [0.1, 0.15) is 35.7 Å². The van der Waals surface area contributed by atoms with Gasteiger partial charge >= 0.3 is 5.97 Å². The maximum Gasteiger partial charge on any atom is 0.335 e. The molecule has 0 saturated heterocycles. The summed E-state index contributed by atoms with van der Waals surface area (Å²) >= 11 is 0. The van der Waals surface area contributed by atoms with Crippen LogP contribution in [0.3, 0.4) is 0 Å². The fraction of sp³-hybridized carbons (Fsp3) is 0.417. The Labute approximate surface area is 87.7 Å². The van der Waals surface area contributed by atoms with Gasteiger partial charge in [0.1, 0.15) is 5.67 Å². The Morgan fingerprint density at radius 3 is 2.73 bits per heavy atom. The standard InChI is InChI=1S/C12H13FO2/c1-8-6-12(13,7-8)10-4-2-3-9(5-10)11(14)15/h2-5,8H,6-7H2,1H3,(H,14,15). The third-order valence-corrected chi connectivity index (χ3v) is 2.97. The smallest absolute Gasteiger partial charge is 0.335 e. The molecule has 1 aromatic carbocycles. The molecule has 0 spiro atoms. The van der Waals surface area contributed by atoms with Crippen LogP contribution in [0, 0.1) is 5.92 Å². The Kier molecular flexibility index (Phi) is 2.25. The van der Waals surface area contributed by atoms with Crippen LogP contribution in [-0.4, -0.2) is 11.1 Å². The van der Waals surface area contributed by atoms with Crippen molar-refractivity contribution in [2.45, 2.75) is 25.4 Å². The molecule has 15 heavy (non-hydrogen) atoms. The number of rotatable bonds is 2. The van der Waals surface area contributed by atoms with E-state index in [1.165, 1.54) is 12.1 Å². The highest BCUT2D eigenvalue weighted by molar-refractivity contribution is 5.87. The van der Waals surface area contributed by atoms with Crippen LogP contribution in [0.15, 0.2) is 24.3 Å². The van der Waals surface area contributed by atoms with Gasteiger partial charge in [-0.25, -0.2) is 9.18 Å². The van der Waals surface area contributed by atoms with Crippen LogP contribution < -0.4 is 0 Å². The molecule has 0 unspecified atom stereocenters. The lowest BCUT2D eigenvalue weighted by Crippen LogP contribution is -2.35. The Morgan fingerprint density at radius 2 is 2.20 bits per heavy atom. The molecule has 2 nitrogen and oxygen atoms in total. The fourth-order valence-corrected chi connectivity index (χ4v) is 2.21. The summed E-state index contributed by atoms with van der Waals surface area (Å²) in [6, 6.07) is 6.19. The van der Waals surface area contributed by atoms with Gasteiger partial charge in [-0.2, -0.15) is 0 Å². The molecule has 1 saturated carbocycles. The number of alkyl halides is 1. The third-order valence-electron chi connectivity index (χ3n) is 2.97. The summed E-state index contributed by atoms with van der Waals surface area (Å²) in [6.07, 6.45) is 0.992. The number of carboxylic acids is 1. The van der Waals surface area contributed by atoms with Crippen LogP contribution in [0.4, 0.5) is 4.39 Å². The molecule has 1 fully saturated rings. The minimum absolute atomic E-state index is 0.157. The first-order valence-electron chi connectivity index (χ1n) is 5.04. The van der Waals surface area contributed by atoms with E-state index in [1.54, 1.807) is 12.1 Å². The molecule has 0 bridgehead atoms. The first-order valence-corrected chi connectivity index (χ1v) is 5.04. The van der Waals surface area contributed by atoms with E-state index in [0.717, 1.165) is 0 Å². The summed E-state index contributed by atoms with van der Waals surface area (Å²) in [5.74, 6) is -0.615. The highest BCUT2D eigenvalue weighted by atomic mass is 19.1. The summed E-state index contributed by atoms with van der Waals surface area (Å²) in [6.45, 7) is 2.00. The van der Waals surface area contributed by atoms with Gasteiger partial charge in [0.05, 0.1) is 5.56 Å². The van der Waals surface area contributed by atoms with Crippen molar-refractivity contribution in [1.29, 1.82) is 0 Å². The van der Waals surface area contributed by atoms with Crippen molar-refractivity contribution in [3.05, 3.63) is 35.4 Å². The molecule has 1 N–H and O–H groups in total. The molecular formula is C12H13FO2. The molecule has 1 aliphatic carbocycles. The van der Waals surface area contributed by atoms with E-state index >= 15 is 0 Å². The van der Waals surface area contributed by atoms with Crippen molar-refractivity contribution in [1.82, 2.24) is 0 Å². The lowest BCUT2D eigenvalue weighted by atomic mass is 9.69. The largest absolute Gasteiger partial charge is 0.478 e. The zero-order chi connectivity index (χ0) is 11.1. The summed E-state index contributed by atoms with van der Waals surface area (Å²) in [4.78, 5) is 10.7. The van der Waals surface area contributed by atoms with Crippen molar-refractivity contribution in [2.75, 3.05) is 0 Å². The molecule has 0 heterocycles. The summed E-state index contributed by atoms with van der Waals surface area (Å²) < 4.78 is 14.1. The van der Waals surface area contributed by atoms with Crippen molar-refractivity contribution in [2.24, 2.45) is 5.92 Å². The minimum Gasteiger partial charge on any atom is -0.478 e. The minimum atomic E-state index is -1.30. The number of carbonyl (C=O) groups is 1. The molecule has 0 aromatic heterocycles. The van der Waals surface area contributed by atoms with E-state index in [2.05, 4.69) is 0 Å².